The summed E-state index contributed by atoms with van der Waals surface area (Å²) in [5, 5.41) is 2.86. The van der Waals surface area contributed by atoms with Crippen LogP contribution in [-0.4, -0.2) is 23.2 Å². The minimum absolute atomic E-state index is 0.169. The van der Waals surface area contributed by atoms with E-state index in [9.17, 15) is 13.2 Å². The summed E-state index contributed by atoms with van der Waals surface area (Å²) in [6.07, 6.45) is -4.14. The van der Waals surface area contributed by atoms with Crippen LogP contribution in [0.1, 0.15) is 29.7 Å². The fourth-order valence-corrected chi connectivity index (χ4v) is 1.87. The number of hydrogen-bond acceptors (Lipinski definition) is 4. The molecule has 0 aliphatic carbocycles. The van der Waals surface area contributed by atoms with Gasteiger partial charge in [-0.1, -0.05) is 0 Å². The average molecular weight is 261 g/mol. The number of alkyl halides is 3. The van der Waals surface area contributed by atoms with Crippen molar-refractivity contribution in [1.82, 2.24) is 15.3 Å². The molecule has 0 unspecified atom stereocenters. The average Bonchev–Trinajstić information content (AvgIpc) is 2.74. The number of nitrogens with one attached hydrogen (secondary N) is 1. The first-order valence-electron chi connectivity index (χ1n) is 5.76. The predicted molar refractivity (Wildman–Crippen MR) is 57.8 cm³/mol. The Morgan fingerprint density at radius 3 is 2.72 bits per heavy atom. The summed E-state index contributed by atoms with van der Waals surface area (Å²) in [5.41, 5.74) is -0.199. The lowest BCUT2D eigenvalue weighted by molar-refractivity contribution is -0.142. The van der Waals surface area contributed by atoms with E-state index in [1.807, 2.05) is 6.92 Å². The van der Waals surface area contributed by atoms with E-state index in [1.54, 1.807) is 0 Å². The standard InChI is InChI=1S/C11H14F3N3O/c1-2-18-4-3-9-16-8-6-15-5-7(8)10(17-9)11(12,13)14/h15H,2-6H2,1H3. The molecule has 0 saturated carbocycles. The van der Waals surface area contributed by atoms with Crippen LogP contribution in [0.3, 0.4) is 0 Å². The van der Waals surface area contributed by atoms with Gasteiger partial charge in [0, 0.05) is 31.7 Å². The van der Waals surface area contributed by atoms with E-state index in [1.165, 1.54) is 0 Å². The number of fused-ring (bicyclic) bond motifs is 1. The van der Waals surface area contributed by atoms with Gasteiger partial charge in [0.15, 0.2) is 5.69 Å². The van der Waals surface area contributed by atoms with Crippen molar-refractivity contribution >= 4 is 0 Å². The second-order valence-electron chi connectivity index (χ2n) is 3.96. The largest absolute Gasteiger partial charge is 0.433 e. The molecule has 0 fully saturated rings. The smallest absolute Gasteiger partial charge is 0.381 e. The first-order chi connectivity index (χ1) is 8.52. The lowest BCUT2D eigenvalue weighted by Gasteiger charge is -2.12. The first-order valence-corrected chi connectivity index (χ1v) is 5.76. The van der Waals surface area contributed by atoms with E-state index >= 15 is 0 Å². The second kappa shape index (κ2) is 5.19. The molecule has 0 radical (unpaired) electrons. The van der Waals surface area contributed by atoms with Crippen molar-refractivity contribution in [2.75, 3.05) is 13.2 Å². The van der Waals surface area contributed by atoms with Crippen LogP contribution in [0.2, 0.25) is 0 Å². The highest BCUT2D eigenvalue weighted by molar-refractivity contribution is 5.31. The van der Waals surface area contributed by atoms with Gasteiger partial charge >= 0.3 is 6.18 Å². The fourth-order valence-electron chi connectivity index (χ4n) is 1.87. The minimum Gasteiger partial charge on any atom is -0.381 e. The van der Waals surface area contributed by atoms with Crippen LogP contribution >= 0.6 is 0 Å². The molecule has 2 heterocycles. The van der Waals surface area contributed by atoms with Crippen LogP contribution in [0.25, 0.3) is 0 Å². The predicted octanol–water partition coefficient (Wildman–Crippen LogP) is 1.68. The Balaban J connectivity index is 2.28. The second-order valence-corrected chi connectivity index (χ2v) is 3.96. The van der Waals surface area contributed by atoms with Gasteiger partial charge < -0.3 is 10.1 Å². The zero-order valence-corrected chi connectivity index (χ0v) is 9.97. The van der Waals surface area contributed by atoms with Gasteiger partial charge in [0.05, 0.1) is 12.3 Å². The summed E-state index contributed by atoms with van der Waals surface area (Å²) in [4.78, 5) is 7.78. The quantitative estimate of drug-likeness (QED) is 0.838. The molecular weight excluding hydrogens is 247 g/mol. The normalized spacial score (nSPS) is 14.9. The number of ether oxygens (including phenoxy) is 1. The first kappa shape index (κ1) is 13.2. The zero-order valence-electron chi connectivity index (χ0n) is 9.97. The summed E-state index contributed by atoms with van der Waals surface area (Å²) in [7, 11) is 0. The number of nitrogens with zero attached hydrogens (tertiary/aromatic N) is 2. The van der Waals surface area contributed by atoms with Gasteiger partial charge in [0.1, 0.15) is 5.82 Å². The molecule has 1 aliphatic rings. The molecule has 2 rings (SSSR count). The van der Waals surface area contributed by atoms with Crippen molar-refractivity contribution in [3.05, 3.63) is 22.8 Å². The van der Waals surface area contributed by atoms with Crippen molar-refractivity contribution in [2.45, 2.75) is 32.6 Å². The zero-order chi connectivity index (χ0) is 13.2. The maximum absolute atomic E-state index is 12.9. The highest BCUT2D eigenvalue weighted by atomic mass is 19.4. The van der Waals surface area contributed by atoms with Gasteiger partial charge in [-0.15, -0.1) is 0 Å². The molecular formula is C11H14F3N3O. The molecule has 0 amide bonds. The number of halogens is 3. The third-order valence-electron chi connectivity index (χ3n) is 2.68. The third kappa shape index (κ3) is 2.78. The molecule has 100 valence electrons. The highest BCUT2D eigenvalue weighted by Crippen LogP contribution is 2.33. The number of aromatic nitrogens is 2. The maximum atomic E-state index is 12.9. The lowest BCUT2D eigenvalue weighted by atomic mass is 10.1. The Morgan fingerprint density at radius 2 is 2.06 bits per heavy atom. The third-order valence-corrected chi connectivity index (χ3v) is 2.68. The van der Waals surface area contributed by atoms with Crippen LogP contribution in [0.5, 0.6) is 0 Å². The van der Waals surface area contributed by atoms with Gasteiger partial charge in [-0.25, -0.2) is 9.97 Å². The molecule has 1 aliphatic heterocycles. The molecule has 4 nitrogen and oxygen atoms in total. The van der Waals surface area contributed by atoms with Crippen molar-refractivity contribution in [1.29, 1.82) is 0 Å². The Labute approximate surface area is 103 Å². The highest BCUT2D eigenvalue weighted by Gasteiger charge is 2.38. The van der Waals surface area contributed by atoms with E-state index in [0.717, 1.165) is 0 Å². The van der Waals surface area contributed by atoms with Crippen molar-refractivity contribution in [2.24, 2.45) is 0 Å². The Morgan fingerprint density at radius 1 is 1.28 bits per heavy atom. The van der Waals surface area contributed by atoms with Crippen LogP contribution in [0.4, 0.5) is 13.2 Å². The van der Waals surface area contributed by atoms with Gasteiger partial charge in [-0.3, -0.25) is 0 Å². The van der Waals surface area contributed by atoms with E-state index < -0.39 is 11.9 Å². The van der Waals surface area contributed by atoms with Gasteiger partial charge in [-0.05, 0) is 6.92 Å². The lowest BCUT2D eigenvalue weighted by Crippen LogP contribution is -2.16. The van der Waals surface area contributed by atoms with Gasteiger partial charge in [0.25, 0.3) is 0 Å². The molecule has 1 N–H and O–H groups in total. The molecule has 1 aromatic heterocycles. The summed E-state index contributed by atoms with van der Waals surface area (Å²) in [6.45, 7) is 3.23. The van der Waals surface area contributed by atoms with E-state index in [0.29, 0.717) is 31.9 Å². The molecule has 0 aromatic carbocycles. The summed E-state index contributed by atoms with van der Waals surface area (Å²) >= 11 is 0. The van der Waals surface area contributed by atoms with Gasteiger partial charge in [-0.2, -0.15) is 13.2 Å². The van der Waals surface area contributed by atoms with E-state index in [2.05, 4.69) is 15.3 Å². The Bertz CT molecular complexity index is 434. The summed E-state index contributed by atoms with van der Waals surface area (Å²) in [6, 6.07) is 0. The van der Waals surface area contributed by atoms with Crippen LogP contribution in [0.15, 0.2) is 0 Å². The minimum atomic E-state index is -4.43. The molecule has 0 saturated heterocycles. The topological polar surface area (TPSA) is 47.0 Å². The molecule has 7 heteroatoms. The molecule has 18 heavy (non-hydrogen) atoms. The molecule has 0 bridgehead atoms. The van der Waals surface area contributed by atoms with Crippen molar-refractivity contribution in [3.8, 4) is 0 Å². The summed E-state index contributed by atoms with van der Waals surface area (Å²) < 4.78 is 43.7. The van der Waals surface area contributed by atoms with Crippen LogP contribution in [-0.2, 0) is 30.4 Å². The molecule has 0 atom stereocenters. The molecule has 0 spiro atoms. The van der Waals surface area contributed by atoms with Crippen LogP contribution in [0, 0.1) is 0 Å². The number of hydrogen-bond donors (Lipinski definition) is 1. The van der Waals surface area contributed by atoms with E-state index in [-0.39, 0.29) is 17.9 Å². The van der Waals surface area contributed by atoms with E-state index in [4.69, 9.17) is 4.74 Å². The van der Waals surface area contributed by atoms with Crippen LogP contribution < -0.4 is 5.32 Å². The SMILES string of the molecule is CCOCCc1nc2c(c(C(F)(F)F)n1)CNC2. The maximum Gasteiger partial charge on any atom is 0.433 e. The monoisotopic (exact) mass is 261 g/mol. The Kier molecular flexibility index (Phi) is 3.82. The Hall–Kier alpha value is -1.21. The van der Waals surface area contributed by atoms with Crippen molar-refractivity contribution < 1.29 is 17.9 Å². The fraction of sp³-hybridized carbons (Fsp3) is 0.636. The van der Waals surface area contributed by atoms with Crippen molar-refractivity contribution in [3.63, 3.8) is 0 Å². The van der Waals surface area contributed by atoms with Gasteiger partial charge in [0.2, 0.25) is 0 Å². The number of rotatable bonds is 4. The molecule has 1 aromatic rings. The summed E-state index contributed by atoms with van der Waals surface area (Å²) in [5.74, 6) is 0.193.